The highest BCUT2D eigenvalue weighted by Gasteiger charge is 2.13. The van der Waals surface area contributed by atoms with Gasteiger partial charge in [-0.3, -0.25) is 4.98 Å². The van der Waals surface area contributed by atoms with Crippen LogP contribution in [-0.2, 0) is 10.0 Å². The minimum Gasteiger partial charge on any atom is -0.479 e. The molecule has 0 saturated carbocycles. The molecule has 0 aromatic carbocycles. The quantitative estimate of drug-likeness (QED) is 0.765. The molecule has 2 aromatic rings. The van der Waals surface area contributed by atoms with E-state index in [0.717, 1.165) is 0 Å². The predicted molar refractivity (Wildman–Crippen MR) is 71.3 cm³/mol. The Morgan fingerprint density at radius 2 is 2.20 bits per heavy atom. The number of H-pyrrole nitrogens is 1. The topological polar surface area (TPSA) is 97.0 Å². The third-order valence-corrected chi connectivity index (χ3v) is 3.51. The van der Waals surface area contributed by atoms with Crippen LogP contribution >= 0.6 is 0 Å². The van der Waals surface area contributed by atoms with E-state index in [0.29, 0.717) is 5.75 Å². The van der Waals surface area contributed by atoms with Crippen molar-refractivity contribution in [2.24, 2.45) is 0 Å². The number of imidazole rings is 1. The second kappa shape index (κ2) is 6.70. The number of nitrogens with one attached hydrogen (secondary N) is 2. The Bertz CT molecular complexity index is 687. The molecule has 2 heterocycles. The van der Waals surface area contributed by atoms with Gasteiger partial charge in [0.05, 0.1) is 25.3 Å². The maximum atomic E-state index is 11.7. The molecule has 0 fully saturated rings. The average Bonchev–Trinajstić information content (AvgIpc) is 2.99. The van der Waals surface area contributed by atoms with Crippen molar-refractivity contribution in [2.45, 2.75) is 5.03 Å². The summed E-state index contributed by atoms with van der Waals surface area (Å²) in [5.41, 5.74) is 0. The summed E-state index contributed by atoms with van der Waals surface area (Å²) in [5, 5.41) is 0.00547. The molecule has 0 aliphatic rings. The zero-order valence-corrected chi connectivity index (χ0v) is 11.2. The molecular weight excluding hydrogens is 280 g/mol. The minimum atomic E-state index is -3.58. The first kappa shape index (κ1) is 14.0. The lowest BCUT2D eigenvalue weighted by Gasteiger charge is -2.00. The van der Waals surface area contributed by atoms with Crippen LogP contribution in [0.25, 0.3) is 0 Å². The molecule has 7 nitrogen and oxygen atoms in total. The second-order valence-corrected chi connectivity index (χ2v) is 5.31. The summed E-state index contributed by atoms with van der Waals surface area (Å²) in [6.45, 7) is 0.162. The van der Waals surface area contributed by atoms with E-state index in [1.807, 2.05) is 0 Å². The molecule has 104 valence electrons. The van der Waals surface area contributed by atoms with Crippen LogP contribution in [0.3, 0.4) is 0 Å². The van der Waals surface area contributed by atoms with Gasteiger partial charge in [-0.25, -0.2) is 13.4 Å². The molecule has 0 amide bonds. The van der Waals surface area contributed by atoms with E-state index in [1.54, 1.807) is 24.5 Å². The van der Waals surface area contributed by atoms with Crippen molar-refractivity contribution in [3.63, 3.8) is 0 Å². The second-order valence-electron chi connectivity index (χ2n) is 3.57. The average molecular weight is 292 g/mol. The summed E-state index contributed by atoms with van der Waals surface area (Å²) in [4.78, 5) is 10.0. The normalized spacial score (nSPS) is 10.6. The van der Waals surface area contributed by atoms with Crippen molar-refractivity contribution in [3.05, 3.63) is 37.1 Å². The van der Waals surface area contributed by atoms with Gasteiger partial charge in [0.25, 0.3) is 10.0 Å². The van der Waals surface area contributed by atoms with Gasteiger partial charge in [-0.15, -0.1) is 0 Å². The third-order valence-electron chi connectivity index (χ3n) is 2.18. The lowest BCUT2D eigenvalue weighted by molar-refractivity contribution is 0.368. The Balaban J connectivity index is 1.76. The predicted octanol–water partition coefficient (Wildman–Crippen LogP) is 0.165. The van der Waals surface area contributed by atoms with Crippen molar-refractivity contribution in [1.29, 1.82) is 0 Å². The highest BCUT2D eigenvalue weighted by atomic mass is 32.2. The van der Waals surface area contributed by atoms with Crippen molar-refractivity contribution < 1.29 is 13.2 Å². The molecule has 0 atom stereocenters. The van der Waals surface area contributed by atoms with Crippen molar-refractivity contribution in [3.8, 4) is 17.6 Å². The number of hydrogen-bond acceptors (Lipinski definition) is 5. The highest BCUT2D eigenvalue weighted by molar-refractivity contribution is 7.89. The number of hydrogen-bond donors (Lipinski definition) is 2. The maximum absolute atomic E-state index is 11.7. The van der Waals surface area contributed by atoms with Crippen LogP contribution in [-0.4, -0.2) is 36.5 Å². The van der Waals surface area contributed by atoms with E-state index in [4.69, 9.17) is 4.74 Å². The third kappa shape index (κ3) is 4.08. The number of nitrogens with zero attached hydrogens (tertiary/aromatic N) is 2. The molecule has 0 saturated heterocycles. The Hall–Kier alpha value is -2.37. The van der Waals surface area contributed by atoms with Crippen molar-refractivity contribution in [2.75, 3.05) is 13.2 Å². The fraction of sp³-hybridized carbons (Fsp3) is 0.167. The monoisotopic (exact) mass is 292 g/mol. The van der Waals surface area contributed by atoms with Crippen LogP contribution in [0.5, 0.6) is 5.75 Å². The molecule has 0 aliphatic heterocycles. The van der Waals surface area contributed by atoms with E-state index < -0.39 is 10.0 Å². The van der Waals surface area contributed by atoms with Gasteiger partial charge >= 0.3 is 0 Å². The van der Waals surface area contributed by atoms with E-state index in [-0.39, 0.29) is 18.2 Å². The first-order chi connectivity index (χ1) is 9.68. The lowest BCUT2D eigenvalue weighted by Crippen LogP contribution is -2.24. The molecule has 0 bridgehead atoms. The first-order valence-corrected chi connectivity index (χ1v) is 7.13. The van der Waals surface area contributed by atoms with Crippen LogP contribution in [0.1, 0.15) is 0 Å². The highest BCUT2D eigenvalue weighted by Crippen LogP contribution is 2.04. The number of pyridine rings is 1. The molecule has 2 N–H and O–H groups in total. The summed E-state index contributed by atoms with van der Waals surface area (Å²) < 4.78 is 30.9. The minimum absolute atomic E-state index is 0.00223. The van der Waals surface area contributed by atoms with Crippen LogP contribution in [0.4, 0.5) is 0 Å². The Kier molecular flexibility index (Phi) is 4.70. The van der Waals surface area contributed by atoms with Gasteiger partial charge in [-0.1, -0.05) is 11.8 Å². The van der Waals surface area contributed by atoms with Crippen molar-refractivity contribution >= 4 is 10.0 Å². The summed E-state index contributed by atoms with van der Waals surface area (Å²) in [6.07, 6.45) is 5.73. The summed E-state index contributed by atoms with van der Waals surface area (Å²) >= 11 is 0. The Morgan fingerprint density at radius 3 is 2.90 bits per heavy atom. The Morgan fingerprint density at radius 1 is 1.30 bits per heavy atom. The van der Waals surface area contributed by atoms with Gasteiger partial charge in [-0.2, -0.15) is 4.72 Å². The molecular formula is C12H12N4O3S. The van der Waals surface area contributed by atoms with E-state index in [9.17, 15) is 8.42 Å². The molecule has 0 aliphatic carbocycles. The van der Waals surface area contributed by atoms with Crippen LogP contribution in [0.15, 0.2) is 42.1 Å². The Labute approximate surface area is 116 Å². The van der Waals surface area contributed by atoms with Crippen LogP contribution < -0.4 is 9.46 Å². The molecule has 8 heteroatoms. The van der Waals surface area contributed by atoms with Gasteiger partial charge < -0.3 is 9.72 Å². The van der Waals surface area contributed by atoms with Gasteiger partial charge in [-0.05, 0) is 12.1 Å². The van der Waals surface area contributed by atoms with Gasteiger partial charge in [0.15, 0.2) is 5.03 Å². The standard InChI is InChI=1S/C12H12N4O3S/c17-20(18,12-9-14-10-15-12)16-6-1-2-7-19-11-4-3-5-13-8-11/h3-5,8-10,16H,6-7H2,(H,14,15). The van der Waals surface area contributed by atoms with Gasteiger partial charge in [0, 0.05) is 6.20 Å². The van der Waals surface area contributed by atoms with Gasteiger partial charge in [0.1, 0.15) is 12.4 Å². The lowest BCUT2D eigenvalue weighted by atomic mass is 10.5. The number of aromatic nitrogens is 3. The van der Waals surface area contributed by atoms with E-state index >= 15 is 0 Å². The summed E-state index contributed by atoms with van der Waals surface area (Å²) in [6, 6.07) is 3.51. The van der Waals surface area contributed by atoms with Crippen molar-refractivity contribution in [1.82, 2.24) is 19.7 Å². The molecule has 20 heavy (non-hydrogen) atoms. The van der Waals surface area contributed by atoms with E-state index in [2.05, 4.69) is 31.5 Å². The first-order valence-electron chi connectivity index (χ1n) is 5.65. The van der Waals surface area contributed by atoms with Crippen LogP contribution in [0.2, 0.25) is 0 Å². The SMILES string of the molecule is O=S(=O)(NCC#CCOc1cccnc1)c1cnc[nH]1. The molecule has 2 aromatic heterocycles. The maximum Gasteiger partial charge on any atom is 0.258 e. The number of sulfonamides is 1. The smallest absolute Gasteiger partial charge is 0.258 e. The van der Waals surface area contributed by atoms with E-state index in [1.165, 1.54) is 12.5 Å². The molecule has 2 rings (SSSR count). The fourth-order valence-corrected chi connectivity index (χ4v) is 2.09. The summed E-state index contributed by atoms with van der Waals surface area (Å²) in [5.74, 6) is 5.96. The summed E-state index contributed by atoms with van der Waals surface area (Å²) in [7, 11) is -3.58. The zero-order chi connectivity index (χ0) is 14.3. The van der Waals surface area contributed by atoms with Crippen LogP contribution in [0, 0.1) is 11.8 Å². The number of rotatable bonds is 5. The largest absolute Gasteiger partial charge is 0.479 e. The fourth-order valence-electron chi connectivity index (χ4n) is 1.26. The molecule has 0 unspecified atom stereocenters. The number of aromatic amines is 1. The molecule has 0 spiro atoms. The zero-order valence-electron chi connectivity index (χ0n) is 10.4. The number of ether oxygens (including phenoxy) is 1. The molecule has 0 radical (unpaired) electrons. The van der Waals surface area contributed by atoms with Gasteiger partial charge in [0.2, 0.25) is 0 Å².